The summed E-state index contributed by atoms with van der Waals surface area (Å²) in [6.07, 6.45) is 3.99. The molecule has 1 heterocycles. The Labute approximate surface area is 72.7 Å². The third-order valence-electron chi connectivity index (χ3n) is 2.90. The van der Waals surface area contributed by atoms with Crippen molar-refractivity contribution in [3.05, 3.63) is 0 Å². The van der Waals surface area contributed by atoms with E-state index in [9.17, 15) is 0 Å². The summed E-state index contributed by atoms with van der Waals surface area (Å²) in [5, 5.41) is 12.1. The molecule has 0 aromatic heterocycles. The van der Waals surface area contributed by atoms with Crippen molar-refractivity contribution in [3.8, 4) is 6.07 Å². The lowest BCUT2D eigenvalue weighted by Gasteiger charge is -2.34. The Morgan fingerprint density at radius 1 is 1.42 bits per heavy atom. The number of nitrogens with zero attached hydrogens (tertiary/aromatic N) is 1. The van der Waals surface area contributed by atoms with E-state index in [1.165, 1.54) is 0 Å². The maximum Gasteiger partial charge on any atom is 0.119 e. The van der Waals surface area contributed by atoms with Crippen molar-refractivity contribution in [3.63, 3.8) is 0 Å². The molecule has 3 nitrogen and oxygen atoms in total. The average molecular weight is 166 g/mol. The standard InChI is InChI=1S/C9H14N2O/c10-7-8-1-3-9(4-2-8)11-5-6-12-9/h8,11H,1-6H2. The number of hydrogen-bond donors (Lipinski definition) is 1. The Balaban J connectivity index is 1.93. The van der Waals surface area contributed by atoms with Gasteiger partial charge >= 0.3 is 0 Å². The zero-order chi connectivity index (χ0) is 8.44. The van der Waals surface area contributed by atoms with Gasteiger partial charge in [-0.2, -0.15) is 5.26 Å². The van der Waals surface area contributed by atoms with Crippen LogP contribution in [0, 0.1) is 17.2 Å². The fraction of sp³-hybridized carbons (Fsp3) is 0.889. The molecule has 0 unspecified atom stereocenters. The van der Waals surface area contributed by atoms with E-state index in [0.29, 0.717) is 0 Å². The van der Waals surface area contributed by atoms with Gasteiger partial charge in [-0.3, -0.25) is 5.32 Å². The number of nitrogens with one attached hydrogen (secondary N) is 1. The van der Waals surface area contributed by atoms with E-state index < -0.39 is 0 Å². The molecule has 3 heteroatoms. The molecule has 0 radical (unpaired) electrons. The largest absolute Gasteiger partial charge is 0.359 e. The molecular weight excluding hydrogens is 152 g/mol. The first-order chi connectivity index (χ1) is 5.85. The van der Waals surface area contributed by atoms with Crippen molar-refractivity contribution in [2.75, 3.05) is 13.2 Å². The van der Waals surface area contributed by atoms with E-state index in [0.717, 1.165) is 38.8 Å². The van der Waals surface area contributed by atoms with Gasteiger partial charge in [0.1, 0.15) is 5.72 Å². The highest BCUT2D eigenvalue weighted by molar-refractivity contribution is 4.94. The second-order valence-electron chi connectivity index (χ2n) is 3.67. The third-order valence-corrected chi connectivity index (χ3v) is 2.90. The van der Waals surface area contributed by atoms with Gasteiger partial charge in [0.05, 0.1) is 12.7 Å². The minimum atomic E-state index is -0.0483. The first kappa shape index (κ1) is 8.03. The monoisotopic (exact) mass is 166 g/mol. The second-order valence-corrected chi connectivity index (χ2v) is 3.67. The Morgan fingerprint density at radius 3 is 2.67 bits per heavy atom. The lowest BCUT2D eigenvalue weighted by Crippen LogP contribution is -2.44. The normalized spacial score (nSPS) is 41.4. The molecule has 0 atom stereocenters. The van der Waals surface area contributed by atoms with Gasteiger partial charge in [0, 0.05) is 12.5 Å². The first-order valence-corrected chi connectivity index (χ1v) is 4.63. The van der Waals surface area contributed by atoms with Crippen LogP contribution >= 0.6 is 0 Å². The molecule has 1 aliphatic heterocycles. The topological polar surface area (TPSA) is 45.0 Å². The average Bonchev–Trinajstić information content (AvgIpc) is 2.55. The van der Waals surface area contributed by atoms with E-state index in [1.54, 1.807) is 0 Å². The molecule has 0 amide bonds. The molecule has 2 aliphatic rings. The molecule has 2 rings (SSSR count). The van der Waals surface area contributed by atoms with Gasteiger partial charge in [-0.25, -0.2) is 0 Å². The van der Waals surface area contributed by atoms with Crippen LogP contribution in [0.15, 0.2) is 0 Å². The maximum absolute atomic E-state index is 8.71. The van der Waals surface area contributed by atoms with E-state index in [-0.39, 0.29) is 11.6 Å². The quantitative estimate of drug-likeness (QED) is 0.584. The van der Waals surface area contributed by atoms with Crippen LogP contribution in [0.5, 0.6) is 0 Å². The van der Waals surface area contributed by atoms with Crippen LogP contribution in [0.2, 0.25) is 0 Å². The fourth-order valence-electron chi connectivity index (χ4n) is 2.11. The minimum absolute atomic E-state index is 0.0483. The van der Waals surface area contributed by atoms with Crippen molar-refractivity contribution in [2.24, 2.45) is 5.92 Å². The number of hydrogen-bond acceptors (Lipinski definition) is 3. The lowest BCUT2D eigenvalue weighted by molar-refractivity contribution is -0.0439. The zero-order valence-electron chi connectivity index (χ0n) is 7.18. The van der Waals surface area contributed by atoms with E-state index in [4.69, 9.17) is 10.00 Å². The van der Waals surface area contributed by atoms with Gasteiger partial charge in [0.15, 0.2) is 0 Å². The lowest BCUT2D eigenvalue weighted by atomic mass is 9.84. The van der Waals surface area contributed by atoms with Gasteiger partial charge in [-0.05, 0) is 25.7 Å². The van der Waals surface area contributed by atoms with Crippen molar-refractivity contribution in [1.29, 1.82) is 5.26 Å². The van der Waals surface area contributed by atoms with Crippen molar-refractivity contribution in [1.82, 2.24) is 5.32 Å². The predicted molar refractivity (Wildman–Crippen MR) is 44.3 cm³/mol. The van der Waals surface area contributed by atoms with E-state index >= 15 is 0 Å². The van der Waals surface area contributed by atoms with Crippen LogP contribution in [0.1, 0.15) is 25.7 Å². The van der Waals surface area contributed by atoms with Crippen molar-refractivity contribution >= 4 is 0 Å². The molecule has 0 aromatic carbocycles. The van der Waals surface area contributed by atoms with Crippen molar-refractivity contribution in [2.45, 2.75) is 31.4 Å². The maximum atomic E-state index is 8.71. The molecule has 0 bridgehead atoms. The summed E-state index contributed by atoms with van der Waals surface area (Å²) in [6.45, 7) is 1.80. The highest BCUT2D eigenvalue weighted by Crippen LogP contribution is 2.34. The van der Waals surface area contributed by atoms with Crippen LogP contribution in [0.4, 0.5) is 0 Å². The predicted octanol–water partition coefficient (Wildman–Crippen LogP) is 1.02. The molecule has 1 spiro atoms. The molecule has 12 heavy (non-hydrogen) atoms. The van der Waals surface area contributed by atoms with E-state index in [1.807, 2.05) is 0 Å². The Bertz CT molecular complexity index is 193. The molecule has 1 N–H and O–H groups in total. The van der Waals surface area contributed by atoms with Gasteiger partial charge in [-0.1, -0.05) is 0 Å². The minimum Gasteiger partial charge on any atom is -0.359 e. The molecule has 66 valence electrons. The van der Waals surface area contributed by atoms with Crippen LogP contribution in [-0.4, -0.2) is 18.9 Å². The highest BCUT2D eigenvalue weighted by atomic mass is 16.5. The Hall–Kier alpha value is -0.590. The number of nitriles is 1. The molecule has 0 aromatic rings. The van der Waals surface area contributed by atoms with Gasteiger partial charge in [0.2, 0.25) is 0 Å². The summed E-state index contributed by atoms with van der Waals surface area (Å²) in [5.41, 5.74) is -0.0483. The summed E-state index contributed by atoms with van der Waals surface area (Å²) in [6, 6.07) is 2.33. The summed E-state index contributed by atoms with van der Waals surface area (Å²) in [4.78, 5) is 0. The first-order valence-electron chi connectivity index (χ1n) is 4.63. The zero-order valence-corrected chi connectivity index (χ0v) is 7.18. The highest BCUT2D eigenvalue weighted by Gasteiger charge is 2.38. The van der Waals surface area contributed by atoms with Crippen molar-refractivity contribution < 1.29 is 4.74 Å². The third kappa shape index (κ3) is 1.33. The molecule has 1 saturated heterocycles. The summed E-state index contributed by atoms with van der Waals surface area (Å²) in [5.74, 6) is 0.265. The molecule has 1 aliphatic carbocycles. The van der Waals surface area contributed by atoms with E-state index in [2.05, 4.69) is 11.4 Å². The molecular formula is C9H14N2O. The Morgan fingerprint density at radius 2 is 2.17 bits per heavy atom. The van der Waals surface area contributed by atoms with Gasteiger partial charge in [-0.15, -0.1) is 0 Å². The summed E-state index contributed by atoms with van der Waals surface area (Å²) < 4.78 is 5.65. The van der Waals surface area contributed by atoms with Crippen LogP contribution in [0.3, 0.4) is 0 Å². The van der Waals surface area contributed by atoms with Crippen LogP contribution in [-0.2, 0) is 4.74 Å². The van der Waals surface area contributed by atoms with Gasteiger partial charge < -0.3 is 4.74 Å². The smallest absolute Gasteiger partial charge is 0.119 e. The summed E-state index contributed by atoms with van der Waals surface area (Å²) in [7, 11) is 0. The molecule has 1 saturated carbocycles. The summed E-state index contributed by atoms with van der Waals surface area (Å²) >= 11 is 0. The SMILES string of the molecule is N#CC1CCC2(CC1)NCCO2. The Kier molecular flexibility index (Phi) is 2.03. The van der Waals surface area contributed by atoms with Crippen LogP contribution in [0.25, 0.3) is 0 Å². The number of ether oxygens (including phenoxy) is 1. The van der Waals surface area contributed by atoms with Gasteiger partial charge in [0.25, 0.3) is 0 Å². The number of rotatable bonds is 0. The second kappa shape index (κ2) is 3.04. The van der Waals surface area contributed by atoms with Crippen LogP contribution < -0.4 is 5.32 Å². The molecule has 2 fully saturated rings. The fourth-order valence-corrected chi connectivity index (χ4v) is 2.11.